The Bertz CT molecular complexity index is 550. The van der Waals surface area contributed by atoms with Crippen molar-refractivity contribution in [2.24, 2.45) is 0 Å². The number of anilines is 1. The lowest BCUT2D eigenvalue weighted by Gasteiger charge is -2.36. The molecule has 2 aliphatic rings. The van der Waals surface area contributed by atoms with Crippen molar-refractivity contribution in [3.8, 4) is 0 Å². The van der Waals surface area contributed by atoms with E-state index < -0.39 is 0 Å². The van der Waals surface area contributed by atoms with Crippen LogP contribution in [0.15, 0.2) is 6.20 Å². The lowest BCUT2D eigenvalue weighted by atomic mass is 10.1. The van der Waals surface area contributed by atoms with Crippen LogP contribution < -0.4 is 4.90 Å². The van der Waals surface area contributed by atoms with Gasteiger partial charge in [-0.25, -0.2) is 4.98 Å². The van der Waals surface area contributed by atoms with E-state index in [0.29, 0.717) is 18.3 Å². The Kier molecular flexibility index (Phi) is 6.25. The van der Waals surface area contributed by atoms with E-state index in [1.54, 1.807) is 0 Å². The largest absolute Gasteiger partial charge is 0.377 e. The third-order valence-corrected chi connectivity index (χ3v) is 5.05. The molecule has 2 fully saturated rings. The number of aryl methyl sites for hydroxylation is 2. The molecule has 0 spiro atoms. The highest BCUT2D eigenvalue weighted by Gasteiger charge is 2.24. The molecule has 3 heterocycles. The van der Waals surface area contributed by atoms with Gasteiger partial charge in [0, 0.05) is 38.9 Å². The highest BCUT2D eigenvalue weighted by atomic mass is 16.5. The zero-order valence-electron chi connectivity index (χ0n) is 16.1. The first-order chi connectivity index (χ1) is 12.0. The minimum absolute atomic E-state index is 0.325. The topological polar surface area (TPSA) is 50.7 Å². The Morgan fingerprint density at radius 1 is 1.16 bits per heavy atom. The summed E-state index contributed by atoms with van der Waals surface area (Å²) in [6.45, 7) is 14.2. The normalized spacial score (nSPS) is 26.2. The summed E-state index contributed by atoms with van der Waals surface area (Å²) in [5, 5.41) is 0. The number of nitrogens with zero attached hydrogens (tertiary/aromatic N) is 4. The van der Waals surface area contributed by atoms with Crippen molar-refractivity contribution in [1.82, 2.24) is 14.9 Å². The summed E-state index contributed by atoms with van der Waals surface area (Å²) in [4.78, 5) is 13.9. The van der Waals surface area contributed by atoms with Crippen LogP contribution in [0.3, 0.4) is 0 Å². The monoisotopic (exact) mass is 348 g/mol. The predicted octanol–water partition coefficient (Wildman–Crippen LogP) is 2.19. The van der Waals surface area contributed by atoms with Crippen molar-refractivity contribution in [3.63, 3.8) is 0 Å². The third-order valence-electron chi connectivity index (χ3n) is 5.05. The van der Waals surface area contributed by atoms with Crippen LogP contribution in [0.25, 0.3) is 0 Å². The second-order valence-electron chi connectivity index (χ2n) is 7.49. The summed E-state index contributed by atoms with van der Waals surface area (Å²) < 4.78 is 11.9. The fraction of sp³-hybridized carbons (Fsp3) is 0.789. The van der Waals surface area contributed by atoms with Gasteiger partial charge in [0.25, 0.3) is 0 Å². The zero-order chi connectivity index (χ0) is 17.8. The second kappa shape index (κ2) is 8.43. The van der Waals surface area contributed by atoms with Crippen LogP contribution in [-0.2, 0) is 9.47 Å². The van der Waals surface area contributed by atoms with E-state index in [-0.39, 0.29) is 0 Å². The van der Waals surface area contributed by atoms with Crippen molar-refractivity contribution < 1.29 is 9.47 Å². The van der Waals surface area contributed by atoms with Gasteiger partial charge in [-0.2, -0.15) is 0 Å². The number of hydrogen-bond acceptors (Lipinski definition) is 6. The van der Waals surface area contributed by atoms with E-state index in [1.165, 1.54) is 0 Å². The molecule has 0 aromatic carbocycles. The van der Waals surface area contributed by atoms with Crippen molar-refractivity contribution in [3.05, 3.63) is 17.6 Å². The van der Waals surface area contributed by atoms with E-state index in [4.69, 9.17) is 9.47 Å². The molecule has 0 saturated carbocycles. The van der Waals surface area contributed by atoms with Gasteiger partial charge in [0.1, 0.15) is 5.82 Å². The molecule has 0 amide bonds. The highest BCUT2D eigenvalue weighted by Crippen LogP contribution is 2.22. The van der Waals surface area contributed by atoms with Gasteiger partial charge in [0.05, 0.1) is 36.3 Å². The Hall–Kier alpha value is -1.24. The SMILES string of the molecule is Cc1cnc(C)c(N2CCC(OCCN3CC(C)OC(C)C3)CC2)n1. The highest BCUT2D eigenvalue weighted by molar-refractivity contribution is 5.43. The van der Waals surface area contributed by atoms with Crippen molar-refractivity contribution in [2.75, 3.05) is 44.2 Å². The molecule has 2 atom stereocenters. The Labute approximate surface area is 151 Å². The first-order valence-corrected chi connectivity index (χ1v) is 9.56. The molecular weight excluding hydrogens is 316 g/mol. The summed E-state index contributed by atoms with van der Waals surface area (Å²) in [5.41, 5.74) is 1.99. The molecule has 1 aromatic heterocycles. The molecule has 140 valence electrons. The van der Waals surface area contributed by atoms with Crippen LogP contribution >= 0.6 is 0 Å². The molecule has 0 N–H and O–H groups in total. The van der Waals surface area contributed by atoms with E-state index in [2.05, 4.69) is 33.6 Å². The van der Waals surface area contributed by atoms with Crippen molar-refractivity contribution >= 4 is 5.82 Å². The van der Waals surface area contributed by atoms with Crippen LogP contribution in [0.1, 0.15) is 38.1 Å². The molecule has 6 heteroatoms. The van der Waals surface area contributed by atoms with Gasteiger partial charge in [-0.3, -0.25) is 9.88 Å². The number of hydrogen-bond donors (Lipinski definition) is 0. The van der Waals surface area contributed by atoms with Gasteiger partial charge < -0.3 is 14.4 Å². The average molecular weight is 348 g/mol. The molecule has 1 aromatic rings. The maximum atomic E-state index is 6.15. The molecular formula is C19H32N4O2. The van der Waals surface area contributed by atoms with E-state index in [1.807, 2.05) is 20.0 Å². The first kappa shape index (κ1) is 18.5. The molecule has 2 aliphatic heterocycles. The van der Waals surface area contributed by atoms with Crippen LogP contribution in [0.4, 0.5) is 5.82 Å². The van der Waals surface area contributed by atoms with E-state index >= 15 is 0 Å². The maximum absolute atomic E-state index is 6.15. The molecule has 2 unspecified atom stereocenters. The minimum Gasteiger partial charge on any atom is -0.377 e. The lowest BCUT2D eigenvalue weighted by molar-refractivity contribution is -0.0768. The van der Waals surface area contributed by atoms with Gasteiger partial charge in [0.2, 0.25) is 0 Å². The predicted molar refractivity (Wildman–Crippen MR) is 99.1 cm³/mol. The van der Waals surface area contributed by atoms with Gasteiger partial charge in [-0.1, -0.05) is 0 Å². The van der Waals surface area contributed by atoms with Crippen LogP contribution in [0.5, 0.6) is 0 Å². The standard InChI is InChI=1S/C19H32N4O2/c1-14-11-20-17(4)19(21-14)23-7-5-18(6-8-23)24-10-9-22-12-15(2)25-16(3)13-22/h11,15-16,18H,5-10,12-13H2,1-4H3. The summed E-state index contributed by atoms with van der Waals surface area (Å²) >= 11 is 0. The van der Waals surface area contributed by atoms with Crippen LogP contribution in [-0.4, -0.2) is 72.5 Å². The maximum Gasteiger partial charge on any atom is 0.150 e. The molecule has 25 heavy (non-hydrogen) atoms. The average Bonchev–Trinajstić information content (AvgIpc) is 2.57. The van der Waals surface area contributed by atoms with Crippen LogP contribution in [0.2, 0.25) is 0 Å². The smallest absolute Gasteiger partial charge is 0.150 e. The summed E-state index contributed by atoms with van der Waals surface area (Å²) in [7, 11) is 0. The second-order valence-corrected chi connectivity index (χ2v) is 7.49. The number of morpholine rings is 1. The molecule has 3 rings (SSSR count). The van der Waals surface area contributed by atoms with Gasteiger partial charge in [-0.15, -0.1) is 0 Å². The fourth-order valence-corrected chi connectivity index (χ4v) is 3.87. The van der Waals surface area contributed by atoms with Gasteiger partial charge >= 0.3 is 0 Å². The zero-order valence-corrected chi connectivity index (χ0v) is 16.1. The number of piperidine rings is 1. The molecule has 6 nitrogen and oxygen atoms in total. The van der Waals surface area contributed by atoms with Crippen LogP contribution in [0, 0.1) is 13.8 Å². The first-order valence-electron chi connectivity index (χ1n) is 9.56. The Morgan fingerprint density at radius 2 is 1.84 bits per heavy atom. The molecule has 0 bridgehead atoms. The number of ether oxygens (including phenoxy) is 2. The quantitative estimate of drug-likeness (QED) is 0.813. The molecule has 2 saturated heterocycles. The molecule has 0 aliphatic carbocycles. The van der Waals surface area contributed by atoms with E-state index in [0.717, 1.165) is 69.4 Å². The minimum atomic E-state index is 0.325. The summed E-state index contributed by atoms with van der Waals surface area (Å²) in [6.07, 6.45) is 4.97. The van der Waals surface area contributed by atoms with Gasteiger partial charge in [-0.05, 0) is 40.5 Å². The Balaban J connectivity index is 1.40. The van der Waals surface area contributed by atoms with Crippen molar-refractivity contribution in [2.45, 2.75) is 58.8 Å². The lowest BCUT2D eigenvalue weighted by Crippen LogP contribution is -2.47. The van der Waals surface area contributed by atoms with Gasteiger partial charge in [0.15, 0.2) is 0 Å². The number of rotatable bonds is 5. The van der Waals surface area contributed by atoms with Crippen molar-refractivity contribution in [1.29, 1.82) is 0 Å². The number of aromatic nitrogens is 2. The summed E-state index contributed by atoms with van der Waals surface area (Å²) in [6, 6.07) is 0. The van der Waals surface area contributed by atoms with E-state index in [9.17, 15) is 0 Å². The Morgan fingerprint density at radius 3 is 2.52 bits per heavy atom. The molecule has 0 radical (unpaired) electrons. The third kappa shape index (κ3) is 5.12. The summed E-state index contributed by atoms with van der Waals surface area (Å²) in [5.74, 6) is 1.04. The fourth-order valence-electron chi connectivity index (χ4n) is 3.87.